The first-order valence-corrected chi connectivity index (χ1v) is 5.41. The summed E-state index contributed by atoms with van der Waals surface area (Å²) in [4.78, 5) is 10.9. The van der Waals surface area contributed by atoms with E-state index < -0.39 is 0 Å². The molecule has 0 aliphatic rings. The van der Waals surface area contributed by atoms with Crippen molar-refractivity contribution in [3.63, 3.8) is 0 Å². The molecule has 0 aliphatic heterocycles. The van der Waals surface area contributed by atoms with Gasteiger partial charge in [-0.1, -0.05) is 12.1 Å². The molecule has 2 N–H and O–H groups in total. The van der Waals surface area contributed by atoms with E-state index in [1.165, 1.54) is 7.11 Å². The van der Waals surface area contributed by atoms with Crippen LogP contribution in [0, 0.1) is 5.82 Å². The van der Waals surface area contributed by atoms with Gasteiger partial charge in [0.05, 0.1) is 7.11 Å². The van der Waals surface area contributed by atoms with E-state index in [1.807, 2.05) is 0 Å². The number of hydrogen-bond donors (Lipinski definition) is 2. The predicted molar refractivity (Wildman–Crippen MR) is 63.3 cm³/mol. The quantitative estimate of drug-likeness (QED) is 0.731. The van der Waals surface area contributed by atoms with Gasteiger partial charge in [-0.25, -0.2) is 4.39 Å². The van der Waals surface area contributed by atoms with Crippen molar-refractivity contribution >= 4 is 5.91 Å². The van der Waals surface area contributed by atoms with E-state index in [0.717, 1.165) is 0 Å². The molecule has 1 rings (SSSR count). The monoisotopic (exact) mass is 240 g/mol. The SMILES string of the molecule is CNC(=O)CCNCc1cccc(OC)c1F. The third-order valence-corrected chi connectivity index (χ3v) is 2.39. The van der Waals surface area contributed by atoms with Gasteiger partial charge < -0.3 is 15.4 Å². The highest BCUT2D eigenvalue weighted by molar-refractivity contribution is 5.75. The van der Waals surface area contributed by atoms with Crippen LogP contribution < -0.4 is 15.4 Å². The second kappa shape index (κ2) is 6.85. The number of nitrogens with one attached hydrogen (secondary N) is 2. The highest BCUT2D eigenvalue weighted by atomic mass is 19.1. The number of hydrogen-bond acceptors (Lipinski definition) is 3. The Morgan fingerprint density at radius 2 is 2.24 bits per heavy atom. The molecule has 0 fully saturated rings. The van der Waals surface area contributed by atoms with Gasteiger partial charge in [-0.2, -0.15) is 0 Å². The van der Waals surface area contributed by atoms with Crippen LogP contribution >= 0.6 is 0 Å². The summed E-state index contributed by atoms with van der Waals surface area (Å²) >= 11 is 0. The van der Waals surface area contributed by atoms with Crippen molar-refractivity contribution in [1.29, 1.82) is 0 Å². The first kappa shape index (κ1) is 13.4. The van der Waals surface area contributed by atoms with Crippen LogP contribution in [0.3, 0.4) is 0 Å². The van der Waals surface area contributed by atoms with E-state index in [-0.39, 0.29) is 17.5 Å². The topological polar surface area (TPSA) is 50.4 Å². The Morgan fingerprint density at radius 3 is 2.88 bits per heavy atom. The lowest BCUT2D eigenvalue weighted by Gasteiger charge is -2.08. The van der Waals surface area contributed by atoms with Gasteiger partial charge in [-0.3, -0.25) is 4.79 Å². The van der Waals surface area contributed by atoms with Crippen molar-refractivity contribution in [2.24, 2.45) is 0 Å². The minimum absolute atomic E-state index is 0.0383. The number of benzene rings is 1. The number of rotatable bonds is 6. The van der Waals surface area contributed by atoms with Gasteiger partial charge in [-0.05, 0) is 6.07 Å². The molecule has 0 aliphatic carbocycles. The van der Waals surface area contributed by atoms with Gasteiger partial charge in [-0.15, -0.1) is 0 Å². The average Bonchev–Trinajstić information content (AvgIpc) is 2.36. The third-order valence-electron chi connectivity index (χ3n) is 2.39. The van der Waals surface area contributed by atoms with E-state index in [1.54, 1.807) is 25.2 Å². The molecule has 0 saturated carbocycles. The second-order valence-electron chi connectivity index (χ2n) is 3.53. The van der Waals surface area contributed by atoms with Crippen molar-refractivity contribution in [3.8, 4) is 5.75 Å². The van der Waals surface area contributed by atoms with Gasteiger partial charge in [0.25, 0.3) is 0 Å². The smallest absolute Gasteiger partial charge is 0.221 e. The molecular weight excluding hydrogens is 223 g/mol. The number of methoxy groups -OCH3 is 1. The predicted octanol–water partition coefficient (Wildman–Crippen LogP) is 1.06. The Morgan fingerprint density at radius 1 is 1.47 bits per heavy atom. The maximum absolute atomic E-state index is 13.7. The molecule has 1 aromatic rings. The molecule has 4 nitrogen and oxygen atoms in total. The number of amides is 1. The summed E-state index contributed by atoms with van der Waals surface area (Å²) in [6, 6.07) is 4.99. The Balaban J connectivity index is 2.44. The van der Waals surface area contributed by atoms with E-state index >= 15 is 0 Å². The average molecular weight is 240 g/mol. The molecule has 17 heavy (non-hydrogen) atoms. The van der Waals surface area contributed by atoms with Gasteiger partial charge in [0.1, 0.15) is 0 Å². The van der Waals surface area contributed by atoms with Crippen LogP contribution in [0.2, 0.25) is 0 Å². The Bertz CT molecular complexity index is 383. The molecular formula is C12H17FN2O2. The van der Waals surface area contributed by atoms with Crippen LogP contribution in [0.25, 0.3) is 0 Å². The van der Waals surface area contributed by atoms with Crippen LogP contribution in [-0.2, 0) is 11.3 Å². The molecule has 5 heteroatoms. The summed E-state index contributed by atoms with van der Waals surface area (Å²) in [7, 11) is 3.02. The molecule has 0 heterocycles. The van der Waals surface area contributed by atoms with Crippen LogP contribution in [0.5, 0.6) is 5.75 Å². The van der Waals surface area contributed by atoms with Crippen molar-refractivity contribution in [3.05, 3.63) is 29.6 Å². The highest BCUT2D eigenvalue weighted by Gasteiger charge is 2.07. The zero-order valence-corrected chi connectivity index (χ0v) is 10.0. The molecule has 0 spiro atoms. The molecule has 0 saturated heterocycles. The number of halogens is 1. The summed E-state index contributed by atoms with van der Waals surface area (Å²) in [6.45, 7) is 0.885. The van der Waals surface area contributed by atoms with E-state index in [9.17, 15) is 9.18 Å². The van der Waals surface area contributed by atoms with E-state index in [0.29, 0.717) is 25.1 Å². The van der Waals surface area contributed by atoms with Gasteiger partial charge in [0.2, 0.25) is 5.91 Å². The molecule has 1 aromatic carbocycles. The molecule has 1 amide bonds. The maximum Gasteiger partial charge on any atom is 0.221 e. The second-order valence-corrected chi connectivity index (χ2v) is 3.53. The number of carbonyl (C=O) groups excluding carboxylic acids is 1. The molecule has 94 valence electrons. The van der Waals surface area contributed by atoms with E-state index in [2.05, 4.69) is 10.6 Å². The van der Waals surface area contributed by atoms with Crippen molar-refractivity contribution < 1.29 is 13.9 Å². The number of ether oxygens (including phenoxy) is 1. The van der Waals surface area contributed by atoms with E-state index in [4.69, 9.17) is 4.74 Å². The molecule has 0 aromatic heterocycles. The zero-order valence-electron chi connectivity index (χ0n) is 10.0. The Hall–Kier alpha value is -1.62. The summed E-state index contributed by atoms with van der Waals surface area (Å²) in [6.07, 6.45) is 0.377. The van der Waals surface area contributed by atoms with Gasteiger partial charge >= 0.3 is 0 Å². The Labute approximate surface area is 100 Å². The fraction of sp³-hybridized carbons (Fsp3) is 0.417. The molecule has 0 unspecified atom stereocenters. The van der Waals surface area contributed by atoms with Crippen LogP contribution in [0.4, 0.5) is 4.39 Å². The molecule has 0 atom stereocenters. The fourth-order valence-corrected chi connectivity index (χ4v) is 1.40. The standard InChI is InChI=1S/C12H17FN2O2/c1-14-11(16)6-7-15-8-9-4-3-5-10(17-2)12(9)13/h3-5,15H,6-8H2,1-2H3,(H,14,16). The number of carbonyl (C=O) groups is 1. The van der Waals surface area contributed by atoms with Crippen LogP contribution in [0.1, 0.15) is 12.0 Å². The fourth-order valence-electron chi connectivity index (χ4n) is 1.40. The van der Waals surface area contributed by atoms with Gasteiger partial charge in [0, 0.05) is 32.1 Å². The lowest BCUT2D eigenvalue weighted by atomic mass is 10.2. The molecule has 0 radical (unpaired) electrons. The largest absolute Gasteiger partial charge is 0.494 e. The van der Waals surface area contributed by atoms with Gasteiger partial charge in [0.15, 0.2) is 11.6 Å². The van der Waals surface area contributed by atoms with Crippen molar-refractivity contribution in [1.82, 2.24) is 10.6 Å². The first-order chi connectivity index (χ1) is 8.19. The Kier molecular flexibility index (Phi) is 5.42. The normalized spacial score (nSPS) is 10.1. The summed E-state index contributed by atoms with van der Waals surface area (Å²) in [5.41, 5.74) is 0.529. The maximum atomic E-state index is 13.7. The van der Waals surface area contributed by atoms with Crippen LogP contribution in [0.15, 0.2) is 18.2 Å². The van der Waals surface area contributed by atoms with Crippen LogP contribution in [-0.4, -0.2) is 26.6 Å². The third kappa shape index (κ3) is 4.03. The minimum atomic E-state index is -0.359. The molecule has 0 bridgehead atoms. The lowest BCUT2D eigenvalue weighted by Crippen LogP contribution is -2.24. The van der Waals surface area contributed by atoms with Crippen molar-refractivity contribution in [2.45, 2.75) is 13.0 Å². The summed E-state index contributed by atoms with van der Waals surface area (Å²) < 4.78 is 18.6. The van der Waals surface area contributed by atoms with Crippen molar-refractivity contribution in [2.75, 3.05) is 20.7 Å². The first-order valence-electron chi connectivity index (χ1n) is 5.41. The summed E-state index contributed by atoms with van der Waals surface area (Å²) in [5, 5.41) is 5.52. The lowest BCUT2D eigenvalue weighted by molar-refractivity contribution is -0.120. The summed E-state index contributed by atoms with van der Waals surface area (Å²) in [5.74, 6) is -0.165. The minimum Gasteiger partial charge on any atom is -0.494 e. The zero-order chi connectivity index (χ0) is 12.7. The highest BCUT2D eigenvalue weighted by Crippen LogP contribution is 2.19.